The summed E-state index contributed by atoms with van der Waals surface area (Å²) >= 11 is 0. The molecule has 2 N–H and O–H groups in total. The fourth-order valence-corrected chi connectivity index (χ4v) is 2.77. The number of aliphatic hydroxyl groups excluding tert-OH is 2. The normalized spacial score (nSPS) is 20.7. The minimum Gasteiger partial charge on any atom is -0.387 e. The smallest absolute Gasteiger partial charge is 0.167 e. The highest BCUT2D eigenvalue weighted by molar-refractivity contribution is 6.03. The highest BCUT2D eigenvalue weighted by atomic mass is 19.2. The molecule has 0 bridgehead atoms. The molecule has 0 aliphatic carbocycles. The van der Waals surface area contributed by atoms with Crippen LogP contribution in [0.3, 0.4) is 0 Å². The molecule has 0 saturated carbocycles. The number of hydrazone groups is 1. The maximum absolute atomic E-state index is 14.0. The lowest BCUT2D eigenvalue weighted by Crippen LogP contribution is -2.37. The van der Waals surface area contributed by atoms with Crippen molar-refractivity contribution >= 4 is 11.4 Å². The van der Waals surface area contributed by atoms with Crippen molar-refractivity contribution < 1.29 is 27.8 Å². The van der Waals surface area contributed by atoms with Crippen LogP contribution in [0, 0.1) is 40.5 Å². The van der Waals surface area contributed by atoms with E-state index in [-0.39, 0.29) is 6.07 Å². The van der Waals surface area contributed by atoms with Gasteiger partial charge >= 0.3 is 0 Å². The summed E-state index contributed by atoms with van der Waals surface area (Å²) in [6, 6.07) is 9.63. The average molecular weight is 365 g/mol. The van der Waals surface area contributed by atoms with Crippen LogP contribution in [0.15, 0.2) is 41.5 Å². The van der Waals surface area contributed by atoms with Crippen LogP contribution in [0.4, 0.5) is 23.2 Å². The Kier molecular flexibility index (Phi) is 4.63. The zero-order chi connectivity index (χ0) is 19.0. The van der Waals surface area contributed by atoms with E-state index >= 15 is 0 Å². The molecule has 134 valence electrons. The third-order valence-corrected chi connectivity index (χ3v) is 4.02. The molecule has 0 fully saturated rings. The van der Waals surface area contributed by atoms with Crippen LogP contribution < -0.4 is 5.01 Å². The summed E-state index contributed by atoms with van der Waals surface area (Å²) in [7, 11) is 0. The van der Waals surface area contributed by atoms with Crippen molar-refractivity contribution in [2.75, 3.05) is 5.01 Å². The molecule has 0 radical (unpaired) electrons. The summed E-state index contributed by atoms with van der Waals surface area (Å²) in [5.74, 6) is -8.65. The second-order valence-electron chi connectivity index (χ2n) is 5.54. The molecule has 1 aliphatic rings. The van der Waals surface area contributed by atoms with Gasteiger partial charge in [0, 0.05) is 6.07 Å². The monoisotopic (exact) mass is 365 g/mol. The lowest BCUT2D eigenvalue weighted by atomic mass is 9.90. The predicted molar refractivity (Wildman–Crippen MR) is 82.7 cm³/mol. The van der Waals surface area contributed by atoms with Crippen molar-refractivity contribution in [3.63, 3.8) is 0 Å². The number of para-hydroxylation sites is 1. The molecular formula is C17H11F4N3O2. The van der Waals surface area contributed by atoms with E-state index in [0.29, 0.717) is 5.69 Å². The van der Waals surface area contributed by atoms with Gasteiger partial charge in [-0.15, -0.1) is 0 Å². The van der Waals surface area contributed by atoms with E-state index in [9.17, 15) is 33.0 Å². The molecule has 1 heterocycles. The van der Waals surface area contributed by atoms with Gasteiger partial charge in [-0.25, -0.2) is 22.6 Å². The number of rotatable bonds is 3. The first-order valence-corrected chi connectivity index (χ1v) is 7.38. The van der Waals surface area contributed by atoms with E-state index in [4.69, 9.17) is 0 Å². The second kappa shape index (κ2) is 6.74. The molecule has 3 atom stereocenters. The summed E-state index contributed by atoms with van der Waals surface area (Å²) in [6.07, 6.45) is -3.94. The Labute approximate surface area is 145 Å². The van der Waals surface area contributed by atoms with Gasteiger partial charge in [-0.3, -0.25) is 0 Å². The molecule has 3 unspecified atom stereocenters. The zero-order valence-electron chi connectivity index (χ0n) is 12.9. The van der Waals surface area contributed by atoms with Crippen LogP contribution in [0.2, 0.25) is 0 Å². The van der Waals surface area contributed by atoms with Crippen LogP contribution in [-0.4, -0.2) is 22.2 Å². The topological polar surface area (TPSA) is 79.9 Å². The number of hydrogen-bond acceptors (Lipinski definition) is 5. The average Bonchev–Trinajstić information content (AvgIpc) is 2.97. The van der Waals surface area contributed by atoms with Crippen molar-refractivity contribution in [3.8, 4) is 6.07 Å². The number of anilines is 1. The minimum absolute atomic E-state index is 0.00152. The van der Waals surface area contributed by atoms with E-state index in [1.807, 2.05) is 0 Å². The third kappa shape index (κ3) is 2.79. The van der Waals surface area contributed by atoms with Crippen molar-refractivity contribution in [2.24, 2.45) is 11.0 Å². The van der Waals surface area contributed by atoms with Crippen molar-refractivity contribution in [2.45, 2.75) is 12.3 Å². The number of hydrogen-bond donors (Lipinski definition) is 2. The molecule has 2 aromatic carbocycles. The molecule has 3 rings (SSSR count). The zero-order valence-corrected chi connectivity index (χ0v) is 12.9. The van der Waals surface area contributed by atoms with Crippen LogP contribution in [0.5, 0.6) is 0 Å². The number of halogens is 4. The SMILES string of the molecule is N#CC1=NN(c2ccccc2)C(O)C1C(O)c1c(F)c(F)cc(F)c1F. The van der Waals surface area contributed by atoms with Crippen molar-refractivity contribution in [1.82, 2.24) is 0 Å². The van der Waals surface area contributed by atoms with Crippen molar-refractivity contribution in [1.29, 1.82) is 5.26 Å². The lowest BCUT2D eigenvalue weighted by Gasteiger charge is -2.26. The summed E-state index contributed by atoms with van der Waals surface area (Å²) in [5, 5.41) is 34.8. The van der Waals surface area contributed by atoms with Crippen LogP contribution >= 0.6 is 0 Å². The summed E-state index contributed by atoms with van der Waals surface area (Å²) < 4.78 is 54.8. The first-order valence-electron chi connectivity index (χ1n) is 7.38. The molecule has 9 heteroatoms. The minimum atomic E-state index is -2.25. The molecule has 2 aromatic rings. The highest BCUT2D eigenvalue weighted by Gasteiger charge is 2.44. The highest BCUT2D eigenvalue weighted by Crippen LogP contribution is 2.37. The second-order valence-corrected chi connectivity index (χ2v) is 5.54. The largest absolute Gasteiger partial charge is 0.387 e. The van der Waals surface area contributed by atoms with Crippen LogP contribution in [-0.2, 0) is 0 Å². The Morgan fingerprint density at radius 1 is 1.08 bits per heavy atom. The Hall–Kier alpha value is -2.96. The van der Waals surface area contributed by atoms with Gasteiger partial charge < -0.3 is 10.2 Å². The van der Waals surface area contributed by atoms with Gasteiger partial charge in [0.15, 0.2) is 29.5 Å². The third-order valence-electron chi connectivity index (χ3n) is 4.02. The van der Waals surface area contributed by atoms with Crippen molar-refractivity contribution in [3.05, 3.63) is 65.2 Å². The van der Waals surface area contributed by atoms with Gasteiger partial charge in [-0.05, 0) is 12.1 Å². The van der Waals surface area contributed by atoms with Crippen LogP contribution in [0.1, 0.15) is 11.7 Å². The predicted octanol–water partition coefficient (Wildman–Crippen LogP) is 2.61. The summed E-state index contributed by atoms with van der Waals surface area (Å²) in [5.41, 5.74) is -1.42. The first kappa shape index (κ1) is 17.8. The maximum atomic E-state index is 14.0. The maximum Gasteiger partial charge on any atom is 0.167 e. The molecular weight excluding hydrogens is 354 g/mol. The van der Waals surface area contributed by atoms with E-state index in [1.54, 1.807) is 36.4 Å². The fraction of sp³-hybridized carbons (Fsp3) is 0.176. The van der Waals surface area contributed by atoms with E-state index < -0.39 is 52.8 Å². The first-order chi connectivity index (χ1) is 12.4. The summed E-state index contributed by atoms with van der Waals surface area (Å²) in [6.45, 7) is 0. The Morgan fingerprint density at radius 3 is 2.19 bits per heavy atom. The molecule has 26 heavy (non-hydrogen) atoms. The molecule has 0 aromatic heterocycles. The van der Waals surface area contributed by atoms with Crippen LogP contribution in [0.25, 0.3) is 0 Å². The van der Waals surface area contributed by atoms with Gasteiger partial charge in [-0.1, -0.05) is 18.2 Å². The number of nitrogens with zero attached hydrogens (tertiary/aromatic N) is 3. The molecule has 1 aliphatic heterocycles. The molecule has 0 spiro atoms. The standard InChI is InChI=1S/C17H11F4N3O2/c18-9-6-10(19)15(21)13(14(9)20)16(25)12-11(7-22)23-24(17(12)26)8-4-2-1-3-5-8/h1-6,12,16-17,25-26H. The fourth-order valence-electron chi connectivity index (χ4n) is 2.77. The van der Waals surface area contributed by atoms with Gasteiger partial charge in [0.05, 0.1) is 23.3 Å². The van der Waals surface area contributed by atoms with Gasteiger partial charge in [0.2, 0.25) is 0 Å². The summed E-state index contributed by atoms with van der Waals surface area (Å²) in [4.78, 5) is 0. The Morgan fingerprint density at radius 2 is 1.65 bits per heavy atom. The number of benzene rings is 2. The molecule has 5 nitrogen and oxygen atoms in total. The number of aliphatic hydroxyl groups is 2. The molecule has 0 saturated heterocycles. The van der Waals surface area contributed by atoms with E-state index in [1.165, 1.54) is 0 Å². The number of nitriles is 1. The quantitative estimate of drug-likeness (QED) is 0.647. The van der Waals surface area contributed by atoms with Gasteiger partial charge in [0.25, 0.3) is 0 Å². The molecule has 0 amide bonds. The van der Waals surface area contributed by atoms with Gasteiger partial charge in [0.1, 0.15) is 11.8 Å². The van der Waals surface area contributed by atoms with E-state index in [2.05, 4.69) is 5.10 Å². The lowest BCUT2D eigenvalue weighted by molar-refractivity contribution is 0.0485. The van der Waals surface area contributed by atoms with E-state index in [0.717, 1.165) is 5.01 Å². The Balaban J connectivity index is 2.05. The van der Waals surface area contributed by atoms with Gasteiger partial charge in [-0.2, -0.15) is 10.4 Å². The Bertz CT molecular complexity index is 888.